The molecule has 2 heterocycles. The highest BCUT2D eigenvalue weighted by atomic mass is 35.5. The van der Waals surface area contributed by atoms with Crippen molar-refractivity contribution in [2.45, 2.75) is 32.7 Å². The summed E-state index contributed by atoms with van der Waals surface area (Å²) in [7, 11) is 1.96. The normalized spacial score (nSPS) is 12.4. The smallest absolute Gasteiger partial charge is 0.241 e. The number of rotatable bonds is 5. The first kappa shape index (κ1) is 13.7. The van der Waals surface area contributed by atoms with E-state index < -0.39 is 0 Å². The van der Waals surface area contributed by atoms with E-state index in [0.717, 1.165) is 12.8 Å². The molecule has 1 unspecified atom stereocenters. The van der Waals surface area contributed by atoms with Crippen LogP contribution < -0.4 is 4.90 Å². The molecule has 19 heavy (non-hydrogen) atoms. The van der Waals surface area contributed by atoms with Crippen molar-refractivity contribution in [1.29, 1.82) is 0 Å². The van der Waals surface area contributed by atoms with Crippen molar-refractivity contribution in [3.8, 4) is 5.95 Å². The van der Waals surface area contributed by atoms with Gasteiger partial charge >= 0.3 is 0 Å². The molecule has 0 aromatic carbocycles. The second-order valence-electron chi connectivity index (χ2n) is 4.42. The molecule has 6 nitrogen and oxygen atoms in total. The standard InChI is InChI=1S/C12H17ClN6/c1-4-5-9(2)18(3)11-15-10(13)16-12(17-11)19-7-6-14-8-19/h6-9H,4-5H2,1-3H3. The Morgan fingerprint density at radius 3 is 2.79 bits per heavy atom. The summed E-state index contributed by atoms with van der Waals surface area (Å²) in [6.45, 7) is 4.29. The number of hydrogen-bond donors (Lipinski definition) is 0. The monoisotopic (exact) mass is 280 g/mol. The van der Waals surface area contributed by atoms with E-state index in [1.54, 1.807) is 23.3 Å². The highest BCUT2D eigenvalue weighted by Crippen LogP contribution is 2.16. The Balaban J connectivity index is 2.31. The molecule has 2 rings (SSSR count). The Morgan fingerprint density at radius 2 is 2.16 bits per heavy atom. The van der Waals surface area contributed by atoms with Crippen molar-refractivity contribution in [2.75, 3.05) is 11.9 Å². The third kappa shape index (κ3) is 3.20. The van der Waals surface area contributed by atoms with E-state index in [2.05, 4.69) is 33.8 Å². The van der Waals surface area contributed by atoms with Crippen LogP contribution in [0.15, 0.2) is 18.7 Å². The number of nitrogens with zero attached hydrogens (tertiary/aromatic N) is 6. The molecule has 1 atom stereocenters. The molecule has 0 saturated carbocycles. The van der Waals surface area contributed by atoms with Crippen LogP contribution in [-0.2, 0) is 0 Å². The van der Waals surface area contributed by atoms with Crippen LogP contribution >= 0.6 is 11.6 Å². The van der Waals surface area contributed by atoms with Crippen molar-refractivity contribution < 1.29 is 0 Å². The van der Waals surface area contributed by atoms with Gasteiger partial charge in [-0.2, -0.15) is 15.0 Å². The van der Waals surface area contributed by atoms with Gasteiger partial charge in [-0.15, -0.1) is 0 Å². The second kappa shape index (κ2) is 5.97. The van der Waals surface area contributed by atoms with Crippen molar-refractivity contribution in [1.82, 2.24) is 24.5 Å². The Bertz CT molecular complexity index is 527. The summed E-state index contributed by atoms with van der Waals surface area (Å²) in [5.74, 6) is 1.05. The van der Waals surface area contributed by atoms with Crippen molar-refractivity contribution in [2.24, 2.45) is 0 Å². The minimum Gasteiger partial charge on any atom is -0.341 e. The predicted molar refractivity (Wildman–Crippen MR) is 74.7 cm³/mol. The molecule has 0 saturated heterocycles. The van der Waals surface area contributed by atoms with Gasteiger partial charge in [-0.05, 0) is 24.9 Å². The van der Waals surface area contributed by atoms with Gasteiger partial charge in [-0.3, -0.25) is 4.57 Å². The van der Waals surface area contributed by atoms with Crippen LogP contribution in [0.1, 0.15) is 26.7 Å². The van der Waals surface area contributed by atoms with E-state index in [0.29, 0.717) is 17.9 Å². The van der Waals surface area contributed by atoms with Crippen LogP contribution in [-0.4, -0.2) is 37.6 Å². The molecule has 102 valence electrons. The minimum atomic E-state index is 0.184. The molecule has 0 N–H and O–H groups in total. The fraction of sp³-hybridized carbons (Fsp3) is 0.500. The molecule has 2 aromatic rings. The molecule has 0 fully saturated rings. The fourth-order valence-electron chi connectivity index (χ4n) is 1.79. The summed E-state index contributed by atoms with van der Waals surface area (Å²) in [4.78, 5) is 18.7. The largest absolute Gasteiger partial charge is 0.341 e. The van der Waals surface area contributed by atoms with Crippen LogP contribution in [0.5, 0.6) is 0 Å². The predicted octanol–water partition coefficient (Wildman–Crippen LogP) is 2.34. The Kier molecular flexibility index (Phi) is 4.31. The van der Waals surface area contributed by atoms with Crippen molar-refractivity contribution >= 4 is 17.5 Å². The van der Waals surface area contributed by atoms with Crippen molar-refractivity contribution in [3.05, 3.63) is 24.0 Å². The highest BCUT2D eigenvalue weighted by molar-refractivity contribution is 6.28. The van der Waals surface area contributed by atoms with Gasteiger partial charge in [0.1, 0.15) is 6.33 Å². The number of aromatic nitrogens is 5. The van der Waals surface area contributed by atoms with Crippen LogP contribution in [0.2, 0.25) is 5.28 Å². The number of imidazole rings is 1. The summed E-state index contributed by atoms with van der Waals surface area (Å²) in [6, 6.07) is 0.346. The van der Waals surface area contributed by atoms with Gasteiger partial charge in [-0.1, -0.05) is 13.3 Å². The van der Waals surface area contributed by atoms with E-state index in [4.69, 9.17) is 11.6 Å². The Labute approximate surface area is 117 Å². The number of hydrogen-bond acceptors (Lipinski definition) is 5. The van der Waals surface area contributed by atoms with Gasteiger partial charge in [0.15, 0.2) is 0 Å². The van der Waals surface area contributed by atoms with Gasteiger partial charge in [0.05, 0.1) is 0 Å². The topological polar surface area (TPSA) is 59.7 Å². The zero-order valence-corrected chi connectivity index (χ0v) is 12.0. The van der Waals surface area contributed by atoms with Crippen LogP contribution in [0.3, 0.4) is 0 Å². The first-order valence-electron chi connectivity index (χ1n) is 6.24. The van der Waals surface area contributed by atoms with Gasteiger partial charge in [0.25, 0.3) is 0 Å². The average molecular weight is 281 g/mol. The van der Waals surface area contributed by atoms with E-state index in [-0.39, 0.29) is 5.28 Å². The van der Waals surface area contributed by atoms with Gasteiger partial charge in [-0.25, -0.2) is 4.98 Å². The minimum absolute atomic E-state index is 0.184. The lowest BCUT2D eigenvalue weighted by Crippen LogP contribution is -2.30. The zero-order valence-electron chi connectivity index (χ0n) is 11.3. The molecular weight excluding hydrogens is 264 g/mol. The summed E-state index contributed by atoms with van der Waals surface area (Å²) < 4.78 is 1.70. The van der Waals surface area contributed by atoms with Crippen LogP contribution in [0.25, 0.3) is 5.95 Å². The molecule has 7 heteroatoms. The lowest BCUT2D eigenvalue weighted by Gasteiger charge is -2.24. The molecule has 0 aliphatic carbocycles. The molecule has 0 aliphatic heterocycles. The average Bonchev–Trinajstić information content (AvgIpc) is 2.91. The molecule has 0 amide bonds. The van der Waals surface area contributed by atoms with Crippen LogP contribution in [0, 0.1) is 0 Å². The SMILES string of the molecule is CCCC(C)N(C)c1nc(Cl)nc(-n2ccnc2)n1. The zero-order chi connectivity index (χ0) is 13.8. The molecule has 2 aromatic heterocycles. The lowest BCUT2D eigenvalue weighted by atomic mass is 10.2. The van der Waals surface area contributed by atoms with Crippen molar-refractivity contribution in [3.63, 3.8) is 0 Å². The number of anilines is 1. The highest BCUT2D eigenvalue weighted by Gasteiger charge is 2.15. The summed E-state index contributed by atoms with van der Waals surface area (Å²) in [6.07, 6.45) is 7.25. The number of halogens is 1. The van der Waals surface area contributed by atoms with E-state index in [1.807, 2.05) is 11.9 Å². The molecule has 0 aliphatic rings. The Morgan fingerprint density at radius 1 is 1.37 bits per heavy atom. The maximum absolute atomic E-state index is 5.97. The van der Waals surface area contributed by atoms with E-state index in [9.17, 15) is 0 Å². The van der Waals surface area contributed by atoms with Crippen LogP contribution in [0.4, 0.5) is 5.95 Å². The fourth-order valence-corrected chi connectivity index (χ4v) is 1.94. The molecule has 0 radical (unpaired) electrons. The second-order valence-corrected chi connectivity index (χ2v) is 4.76. The summed E-state index contributed by atoms with van der Waals surface area (Å²) >= 11 is 5.97. The Hall–Kier alpha value is -1.69. The third-order valence-corrected chi connectivity index (χ3v) is 3.17. The molecule has 0 spiro atoms. The maximum atomic E-state index is 5.97. The first-order chi connectivity index (χ1) is 9.11. The van der Waals surface area contributed by atoms with E-state index in [1.165, 1.54) is 0 Å². The molecule has 0 bridgehead atoms. The maximum Gasteiger partial charge on any atom is 0.241 e. The first-order valence-corrected chi connectivity index (χ1v) is 6.62. The molecular formula is C12H17ClN6. The van der Waals surface area contributed by atoms with E-state index >= 15 is 0 Å². The third-order valence-electron chi connectivity index (χ3n) is 3.00. The quantitative estimate of drug-likeness (QED) is 0.841. The summed E-state index contributed by atoms with van der Waals surface area (Å²) in [5.41, 5.74) is 0. The van der Waals surface area contributed by atoms with Gasteiger partial charge in [0.2, 0.25) is 17.2 Å². The van der Waals surface area contributed by atoms with Gasteiger partial charge in [0, 0.05) is 25.5 Å². The summed E-state index contributed by atoms with van der Waals surface area (Å²) in [5, 5.41) is 0.184. The van der Waals surface area contributed by atoms with Gasteiger partial charge < -0.3 is 4.90 Å². The lowest BCUT2D eigenvalue weighted by molar-refractivity contribution is 0.603.